The monoisotopic (exact) mass is 931 g/mol. The van der Waals surface area contributed by atoms with Gasteiger partial charge in [0.1, 0.15) is 24.0 Å². The maximum absolute atomic E-state index is 14.5. The molecule has 2 bridgehead atoms. The molecule has 3 heterocycles. The summed E-state index contributed by atoms with van der Waals surface area (Å²) in [5, 5.41) is 38.3. The molecule has 2 aliphatic carbocycles. The van der Waals surface area contributed by atoms with E-state index in [-0.39, 0.29) is 57.0 Å². The van der Waals surface area contributed by atoms with Gasteiger partial charge in [-0.05, 0) is 108 Å². The number of amides is 1. The zero-order valence-electron chi connectivity index (χ0n) is 40.6. The van der Waals surface area contributed by atoms with E-state index in [9.17, 15) is 34.5 Å². The van der Waals surface area contributed by atoms with Crippen molar-refractivity contribution in [2.75, 3.05) is 34.4 Å². The number of ether oxygens (including phenoxy) is 5. The lowest BCUT2D eigenvalue weighted by molar-refractivity contribution is -0.302. The highest BCUT2D eigenvalue weighted by Crippen LogP contribution is 2.39. The summed E-state index contributed by atoms with van der Waals surface area (Å²) in [6.07, 6.45) is 13.7. The number of fused-ring (bicyclic) bond motifs is 3. The number of cyclic esters (lactones) is 1. The third kappa shape index (κ3) is 14.4. The molecule has 5 rings (SSSR count). The van der Waals surface area contributed by atoms with Crippen LogP contribution in [0.25, 0.3) is 0 Å². The highest BCUT2D eigenvalue weighted by molar-refractivity contribution is 6.39. The fraction of sp³-hybridized carbons (Fsp3) is 0.808. The smallest absolute Gasteiger partial charge is 0.329 e. The lowest BCUT2D eigenvalue weighted by Gasteiger charge is -2.47. The Morgan fingerprint density at radius 2 is 1.52 bits per heavy atom. The average molecular weight is 931 g/mol. The Hall–Kier alpha value is -2.82. The number of Topliss-reactive ketones (excluding diaryl/α,β-unsaturated/α-hetero) is 2. The summed E-state index contributed by atoms with van der Waals surface area (Å²) in [6, 6.07) is -0.642. The van der Waals surface area contributed by atoms with E-state index in [2.05, 4.69) is 18.3 Å². The number of ketones is 2. The second-order valence-electron chi connectivity index (χ2n) is 20.2. The molecule has 4 N–H and O–H groups in total. The van der Waals surface area contributed by atoms with Crippen molar-refractivity contribution in [1.82, 2.24) is 10.2 Å². The van der Waals surface area contributed by atoms with Crippen molar-refractivity contribution >= 4 is 23.4 Å². The standard InChI is InChI=1S/C51H82N2O12.CH4/c1-31-24-32(2)26-44(62-7)47-45(63-8)28-34(4)51(60,65-47)48(57)49(58)53-23-15-13-19-39(53)50(59)64-46(33(3)27-36-20-21-40(54)43(29-36)61-6)35(5)41(55)30-42(56)37(25-31)16-12-14-22-52-38-17-10-9-11-18-38;/h12,14,25,27,32,34-41,43-47,52,54-55,60H,9-11,13,15-24,26,28-30H2,1-8H3;1H4/b14-12+,31-25+,33-27+;/t32-,34+,35+,36-,37+,39-,40+,41-,43+,44-,45-,46+,47+,51+;/m0./s1. The van der Waals surface area contributed by atoms with Gasteiger partial charge in [0.05, 0.1) is 30.5 Å². The van der Waals surface area contributed by atoms with Gasteiger partial charge in [-0.1, -0.05) is 77.3 Å². The summed E-state index contributed by atoms with van der Waals surface area (Å²) in [7, 11) is 4.66. The zero-order valence-corrected chi connectivity index (χ0v) is 40.6. The van der Waals surface area contributed by atoms with Crippen LogP contribution in [-0.2, 0) is 42.9 Å². The highest BCUT2D eigenvalue weighted by atomic mass is 16.7. The van der Waals surface area contributed by atoms with E-state index < -0.39 is 83.9 Å². The number of aliphatic hydroxyl groups is 3. The van der Waals surface area contributed by atoms with Crippen LogP contribution in [0.1, 0.15) is 145 Å². The van der Waals surface area contributed by atoms with Crippen LogP contribution in [0, 0.1) is 29.6 Å². The molecule has 0 aromatic heterocycles. The first-order chi connectivity index (χ1) is 31.0. The number of hydrogen-bond acceptors (Lipinski definition) is 13. The molecule has 14 atom stereocenters. The normalized spacial score (nSPS) is 38.7. The molecule has 0 unspecified atom stereocenters. The van der Waals surface area contributed by atoms with Crippen LogP contribution >= 0.6 is 0 Å². The molecule has 14 nitrogen and oxygen atoms in total. The first-order valence-corrected chi connectivity index (χ1v) is 24.7. The van der Waals surface area contributed by atoms with Gasteiger partial charge in [0.2, 0.25) is 5.79 Å². The molecule has 66 heavy (non-hydrogen) atoms. The average Bonchev–Trinajstić information content (AvgIpc) is 3.29. The van der Waals surface area contributed by atoms with E-state index in [1.165, 1.54) is 37.0 Å². The van der Waals surface area contributed by atoms with Gasteiger partial charge in [-0.3, -0.25) is 14.4 Å². The molecule has 376 valence electrons. The number of hydrogen-bond donors (Lipinski definition) is 4. The van der Waals surface area contributed by atoms with Crippen LogP contribution in [-0.4, -0.2) is 139 Å². The minimum absolute atomic E-state index is 0. The summed E-state index contributed by atoms with van der Waals surface area (Å²) in [5.74, 6) is -7.70. The highest BCUT2D eigenvalue weighted by Gasteiger charge is 2.56. The van der Waals surface area contributed by atoms with E-state index >= 15 is 0 Å². The van der Waals surface area contributed by atoms with E-state index in [0.29, 0.717) is 69.5 Å². The zero-order chi connectivity index (χ0) is 47.4. The molecule has 5 aliphatic rings. The van der Waals surface area contributed by atoms with Gasteiger partial charge in [0, 0.05) is 64.6 Å². The van der Waals surface area contributed by atoms with Crippen molar-refractivity contribution < 1.29 is 58.2 Å². The maximum atomic E-state index is 14.5. The largest absolute Gasteiger partial charge is 0.456 e. The number of rotatable bonds is 10. The molecule has 0 aromatic carbocycles. The fourth-order valence-corrected chi connectivity index (χ4v) is 11.1. The fourth-order valence-electron chi connectivity index (χ4n) is 11.1. The SMILES string of the molecule is C.CO[C@H]1C[C@@H](C)C/C(C)=C/[C@@H](C/C=C/CNC2CCCCC2)C(=O)C[C@H](O)[C@@H](C)[C@@H](/C(C)=C/[C@@H]2CC[C@@H](O)[C@H](OC)C2)OC(=O)[C@@H]2CCCCN2C(=O)C(=O)[C@]2(O)O[C@H]1[C@@H](OC)C[C@H]2C. The number of carbonyl (C=O) groups is 4. The molecule has 3 aliphatic heterocycles. The minimum Gasteiger partial charge on any atom is -0.456 e. The van der Waals surface area contributed by atoms with Crippen LogP contribution in [0.3, 0.4) is 0 Å². The third-order valence-corrected chi connectivity index (χ3v) is 15.1. The number of nitrogens with zero attached hydrogens (tertiary/aromatic N) is 1. The topological polar surface area (TPSA) is 190 Å². The number of nitrogens with one attached hydrogen (secondary N) is 1. The Morgan fingerprint density at radius 3 is 2.20 bits per heavy atom. The first-order valence-electron chi connectivity index (χ1n) is 24.7. The minimum atomic E-state index is -2.52. The second kappa shape index (κ2) is 26.2. The summed E-state index contributed by atoms with van der Waals surface area (Å²) < 4.78 is 30.1. The van der Waals surface area contributed by atoms with Gasteiger partial charge in [0.25, 0.3) is 11.7 Å². The quantitative estimate of drug-likeness (QED) is 0.105. The van der Waals surface area contributed by atoms with Gasteiger partial charge < -0.3 is 49.2 Å². The summed E-state index contributed by atoms with van der Waals surface area (Å²) in [4.78, 5) is 58.8. The number of esters is 1. The molecular weight excluding hydrogens is 845 g/mol. The maximum Gasteiger partial charge on any atom is 0.329 e. The number of methoxy groups -OCH3 is 3. The van der Waals surface area contributed by atoms with Crippen molar-refractivity contribution in [3.8, 4) is 0 Å². The van der Waals surface area contributed by atoms with Gasteiger partial charge in [0.15, 0.2) is 0 Å². The van der Waals surface area contributed by atoms with Crippen molar-refractivity contribution in [3.05, 3.63) is 35.5 Å². The summed E-state index contributed by atoms with van der Waals surface area (Å²) in [6.45, 7) is 10.1. The number of piperidine rings is 1. The van der Waals surface area contributed by atoms with Crippen molar-refractivity contribution in [2.24, 2.45) is 29.6 Å². The molecule has 0 radical (unpaired) electrons. The lowest BCUT2D eigenvalue weighted by atomic mass is 9.81. The van der Waals surface area contributed by atoms with Gasteiger partial charge >= 0.3 is 5.97 Å². The molecule has 4 fully saturated rings. The summed E-state index contributed by atoms with van der Waals surface area (Å²) in [5.41, 5.74) is 1.65. The Labute approximate surface area is 395 Å². The molecule has 0 aromatic rings. The van der Waals surface area contributed by atoms with Crippen molar-refractivity contribution in [3.63, 3.8) is 0 Å². The lowest BCUT2D eigenvalue weighted by Crippen LogP contribution is -2.64. The van der Waals surface area contributed by atoms with E-state index in [1.54, 1.807) is 35.2 Å². The molecule has 2 saturated carbocycles. The Kier molecular flexibility index (Phi) is 22.2. The predicted octanol–water partition coefficient (Wildman–Crippen LogP) is 6.57. The number of carbonyl (C=O) groups excluding carboxylic acids is 4. The summed E-state index contributed by atoms with van der Waals surface area (Å²) >= 11 is 0. The molecule has 2 saturated heterocycles. The van der Waals surface area contributed by atoms with Gasteiger partial charge in [-0.15, -0.1) is 0 Å². The van der Waals surface area contributed by atoms with Crippen LogP contribution in [0.5, 0.6) is 0 Å². The second-order valence-corrected chi connectivity index (χ2v) is 20.2. The molecule has 14 heteroatoms. The molecule has 1 amide bonds. The Bertz CT molecular complexity index is 1680. The van der Waals surface area contributed by atoms with E-state index in [0.717, 1.165) is 5.57 Å². The molecule has 0 spiro atoms. The van der Waals surface area contributed by atoms with E-state index in [4.69, 9.17) is 23.7 Å². The third-order valence-electron chi connectivity index (χ3n) is 15.1. The van der Waals surface area contributed by atoms with Crippen LogP contribution < -0.4 is 5.32 Å². The van der Waals surface area contributed by atoms with Crippen molar-refractivity contribution in [2.45, 2.75) is 205 Å². The van der Waals surface area contributed by atoms with Crippen LogP contribution in [0.2, 0.25) is 0 Å². The number of aliphatic hydroxyl groups excluding tert-OH is 2. The molecular formula is C52H86N2O12. The van der Waals surface area contributed by atoms with Gasteiger partial charge in [-0.2, -0.15) is 0 Å². The predicted molar refractivity (Wildman–Crippen MR) is 253 cm³/mol. The number of allylic oxidation sites excluding steroid dienone is 4. The van der Waals surface area contributed by atoms with Crippen LogP contribution in [0.15, 0.2) is 35.5 Å². The first kappa shape index (κ1) is 55.8. The van der Waals surface area contributed by atoms with E-state index in [1.807, 2.05) is 32.1 Å². The van der Waals surface area contributed by atoms with Gasteiger partial charge in [-0.25, -0.2) is 4.79 Å². The Morgan fingerprint density at radius 1 is 0.848 bits per heavy atom. The Balaban J connectivity index is 0.00000952. The van der Waals surface area contributed by atoms with Crippen LogP contribution in [0.4, 0.5) is 0 Å². The van der Waals surface area contributed by atoms with Crippen molar-refractivity contribution in [1.29, 1.82) is 0 Å².